The van der Waals surface area contributed by atoms with Crippen LogP contribution in [0.3, 0.4) is 0 Å². The minimum atomic E-state index is -0.497. The van der Waals surface area contributed by atoms with E-state index in [4.69, 9.17) is 14.2 Å². The minimum Gasteiger partial charge on any atom is -0.493 e. The van der Waals surface area contributed by atoms with E-state index in [1.807, 2.05) is 53.4 Å². The number of nitrogens with zero attached hydrogens (tertiary/aromatic N) is 2. The first-order valence-corrected chi connectivity index (χ1v) is 12.1. The van der Waals surface area contributed by atoms with Crippen molar-refractivity contribution < 1.29 is 23.8 Å². The molecule has 0 unspecified atom stereocenters. The Morgan fingerprint density at radius 3 is 2.14 bits per heavy atom. The Morgan fingerprint density at radius 1 is 0.861 bits per heavy atom. The van der Waals surface area contributed by atoms with Crippen LogP contribution in [0.4, 0.5) is 0 Å². The topological polar surface area (TPSA) is 68.3 Å². The fraction of sp³-hybridized carbons (Fsp3) is 0.310. The van der Waals surface area contributed by atoms with Gasteiger partial charge in [-0.25, -0.2) is 0 Å². The van der Waals surface area contributed by atoms with Crippen molar-refractivity contribution in [1.82, 2.24) is 9.80 Å². The number of methoxy groups -OCH3 is 3. The highest BCUT2D eigenvalue weighted by Gasteiger charge is 2.36. The van der Waals surface area contributed by atoms with Gasteiger partial charge in [0.15, 0.2) is 11.5 Å². The van der Waals surface area contributed by atoms with Crippen LogP contribution in [0.15, 0.2) is 60.7 Å². The van der Waals surface area contributed by atoms with Gasteiger partial charge in [0.2, 0.25) is 11.7 Å². The van der Waals surface area contributed by atoms with Gasteiger partial charge in [0.1, 0.15) is 0 Å². The number of amides is 2. The lowest BCUT2D eigenvalue weighted by Gasteiger charge is -2.33. The SMILES string of the molecule is COc1cc([C@H](CC(=O)N2CCc3ccccc3C2)N2Cc3ccccc3C2=O)cc(OC)c1OC. The van der Waals surface area contributed by atoms with Gasteiger partial charge in [-0.15, -0.1) is 0 Å². The van der Waals surface area contributed by atoms with E-state index in [0.29, 0.717) is 42.4 Å². The van der Waals surface area contributed by atoms with E-state index in [-0.39, 0.29) is 18.2 Å². The lowest BCUT2D eigenvalue weighted by Crippen LogP contribution is -2.39. The second-order valence-electron chi connectivity index (χ2n) is 9.10. The Kier molecular flexibility index (Phi) is 6.55. The van der Waals surface area contributed by atoms with Gasteiger partial charge in [-0.3, -0.25) is 9.59 Å². The van der Waals surface area contributed by atoms with E-state index >= 15 is 0 Å². The molecule has 36 heavy (non-hydrogen) atoms. The summed E-state index contributed by atoms with van der Waals surface area (Å²) >= 11 is 0. The predicted molar refractivity (Wildman–Crippen MR) is 135 cm³/mol. The van der Waals surface area contributed by atoms with Crippen molar-refractivity contribution in [2.24, 2.45) is 0 Å². The smallest absolute Gasteiger partial charge is 0.255 e. The zero-order valence-electron chi connectivity index (χ0n) is 20.8. The molecular weight excluding hydrogens is 456 g/mol. The summed E-state index contributed by atoms with van der Waals surface area (Å²) < 4.78 is 16.6. The molecule has 0 radical (unpaired) electrons. The quantitative estimate of drug-likeness (QED) is 0.496. The molecule has 0 bridgehead atoms. The van der Waals surface area contributed by atoms with Crippen LogP contribution in [0.25, 0.3) is 0 Å². The normalized spacial score (nSPS) is 15.2. The van der Waals surface area contributed by atoms with Crippen LogP contribution >= 0.6 is 0 Å². The van der Waals surface area contributed by atoms with E-state index in [2.05, 4.69) is 12.1 Å². The van der Waals surface area contributed by atoms with Crippen molar-refractivity contribution in [3.8, 4) is 17.2 Å². The molecule has 7 heteroatoms. The van der Waals surface area contributed by atoms with Gasteiger partial charge >= 0.3 is 0 Å². The van der Waals surface area contributed by atoms with Crippen LogP contribution in [-0.4, -0.2) is 49.5 Å². The lowest BCUT2D eigenvalue weighted by atomic mass is 9.97. The van der Waals surface area contributed by atoms with Crippen LogP contribution in [0.1, 0.15) is 45.1 Å². The lowest BCUT2D eigenvalue weighted by molar-refractivity contribution is -0.133. The maximum atomic E-state index is 13.7. The summed E-state index contributed by atoms with van der Waals surface area (Å²) in [4.78, 5) is 30.8. The number of benzene rings is 3. The summed E-state index contributed by atoms with van der Waals surface area (Å²) in [5.74, 6) is 1.37. The molecule has 2 amide bonds. The molecule has 7 nitrogen and oxygen atoms in total. The van der Waals surface area contributed by atoms with E-state index in [1.165, 1.54) is 11.1 Å². The fourth-order valence-electron chi connectivity index (χ4n) is 5.23. The van der Waals surface area contributed by atoms with E-state index < -0.39 is 6.04 Å². The molecule has 2 aliphatic heterocycles. The molecule has 2 heterocycles. The van der Waals surface area contributed by atoms with Gasteiger partial charge in [-0.1, -0.05) is 42.5 Å². The van der Waals surface area contributed by atoms with Crippen LogP contribution in [0, 0.1) is 0 Å². The minimum absolute atomic E-state index is 0.00649. The summed E-state index contributed by atoms with van der Waals surface area (Å²) in [5, 5.41) is 0. The highest BCUT2D eigenvalue weighted by Crippen LogP contribution is 2.43. The molecular formula is C29H30N2O5. The molecule has 0 spiro atoms. The van der Waals surface area contributed by atoms with Gasteiger partial charge in [0.05, 0.1) is 33.8 Å². The monoisotopic (exact) mass is 486 g/mol. The Hall–Kier alpha value is -4.00. The molecule has 0 saturated heterocycles. The molecule has 186 valence electrons. The molecule has 5 rings (SSSR count). The number of carbonyl (C=O) groups is 2. The van der Waals surface area contributed by atoms with Crippen LogP contribution < -0.4 is 14.2 Å². The molecule has 0 aliphatic carbocycles. The molecule has 0 N–H and O–H groups in total. The van der Waals surface area contributed by atoms with E-state index in [9.17, 15) is 9.59 Å². The van der Waals surface area contributed by atoms with E-state index in [0.717, 1.165) is 17.5 Å². The second kappa shape index (κ2) is 9.93. The van der Waals surface area contributed by atoms with Crippen molar-refractivity contribution in [3.05, 3.63) is 88.5 Å². The number of hydrogen-bond donors (Lipinski definition) is 0. The first-order valence-electron chi connectivity index (χ1n) is 12.1. The van der Waals surface area contributed by atoms with Gasteiger partial charge in [0, 0.05) is 25.2 Å². The van der Waals surface area contributed by atoms with Crippen molar-refractivity contribution in [2.75, 3.05) is 27.9 Å². The third-order valence-corrected chi connectivity index (χ3v) is 7.15. The Balaban J connectivity index is 1.50. The molecule has 0 aromatic heterocycles. The first-order chi connectivity index (χ1) is 17.5. The van der Waals surface area contributed by atoms with E-state index in [1.54, 1.807) is 26.2 Å². The van der Waals surface area contributed by atoms with Crippen LogP contribution in [-0.2, 0) is 24.3 Å². The molecule has 1 atom stereocenters. The molecule has 3 aromatic carbocycles. The maximum Gasteiger partial charge on any atom is 0.255 e. The third kappa shape index (κ3) is 4.26. The summed E-state index contributed by atoms with van der Waals surface area (Å²) in [6.07, 6.45) is 0.978. The number of ether oxygens (including phenoxy) is 3. The number of hydrogen-bond acceptors (Lipinski definition) is 5. The van der Waals surface area contributed by atoms with Crippen molar-refractivity contribution in [1.29, 1.82) is 0 Å². The standard InChI is InChI=1S/C29H30N2O5/c1-34-25-14-22(15-26(35-2)28(25)36-3)24(31-18-21-10-6-7-11-23(21)29(31)33)16-27(32)30-13-12-19-8-4-5-9-20(19)17-30/h4-11,14-15,24H,12-13,16-18H2,1-3H3/t24-/m0/s1. The average Bonchev–Trinajstić information content (AvgIpc) is 3.26. The molecule has 0 saturated carbocycles. The molecule has 0 fully saturated rings. The summed E-state index contributed by atoms with van der Waals surface area (Å²) in [7, 11) is 4.67. The van der Waals surface area contributed by atoms with Gasteiger partial charge in [-0.2, -0.15) is 0 Å². The first kappa shape index (κ1) is 23.7. The average molecular weight is 487 g/mol. The Morgan fingerprint density at radius 2 is 1.50 bits per heavy atom. The summed E-state index contributed by atoms with van der Waals surface area (Å²) in [5.41, 5.74) is 4.85. The van der Waals surface area contributed by atoms with Gasteiger partial charge < -0.3 is 24.0 Å². The molecule has 2 aliphatic rings. The Bertz CT molecular complexity index is 1280. The van der Waals surface area contributed by atoms with Crippen molar-refractivity contribution in [2.45, 2.75) is 32.0 Å². The van der Waals surface area contributed by atoms with Crippen LogP contribution in [0.5, 0.6) is 17.2 Å². The number of carbonyl (C=O) groups excluding carboxylic acids is 2. The molecule has 3 aromatic rings. The Labute approximate surface area is 211 Å². The van der Waals surface area contributed by atoms with Crippen LogP contribution in [0.2, 0.25) is 0 Å². The van der Waals surface area contributed by atoms with Gasteiger partial charge in [0.25, 0.3) is 5.91 Å². The zero-order valence-corrected chi connectivity index (χ0v) is 20.8. The summed E-state index contributed by atoms with van der Waals surface area (Å²) in [6, 6.07) is 19.0. The maximum absolute atomic E-state index is 13.7. The zero-order chi connectivity index (χ0) is 25.2. The number of fused-ring (bicyclic) bond motifs is 2. The van der Waals surface area contributed by atoms with Gasteiger partial charge in [-0.05, 0) is 46.9 Å². The highest BCUT2D eigenvalue weighted by atomic mass is 16.5. The largest absolute Gasteiger partial charge is 0.493 e. The number of rotatable bonds is 7. The van der Waals surface area contributed by atoms with Crippen molar-refractivity contribution in [3.63, 3.8) is 0 Å². The second-order valence-corrected chi connectivity index (χ2v) is 9.10. The highest BCUT2D eigenvalue weighted by molar-refractivity contribution is 5.99. The van der Waals surface area contributed by atoms with Crippen molar-refractivity contribution >= 4 is 11.8 Å². The predicted octanol–water partition coefficient (Wildman–Crippen LogP) is 4.38. The third-order valence-electron chi connectivity index (χ3n) is 7.15. The fourth-order valence-corrected chi connectivity index (χ4v) is 5.23. The summed E-state index contributed by atoms with van der Waals surface area (Å²) in [6.45, 7) is 1.67.